The van der Waals surface area contributed by atoms with Crippen molar-refractivity contribution in [1.82, 2.24) is 14.5 Å². The molecule has 0 unspecified atom stereocenters. The lowest BCUT2D eigenvalue weighted by atomic mass is 9.97. The van der Waals surface area contributed by atoms with Crippen LogP contribution in [0.25, 0.3) is 11.1 Å². The van der Waals surface area contributed by atoms with Crippen molar-refractivity contribution in [3.8, 4) is 0 Å². The van der Waals surface area contributed by atoms with Crippen molar-refractivity contribution in [2.45, 2.75) is 19.5 Å². The second-order valence-electron chi connectivity index (χ2n) is 7.11. The summed E-state index contributed by atoms with van der Waals surface area (Å²) in [6.45, 7) is 1.31. The summed E-state index contributed by atoms with van der Waals surface area (Å²) < 4.78 is 6.55. The molecule has 156 valence electrons. The van der Waals surface area contributed by atoms with E-state index >= 15 is 0 Å². The van der Waals surface area contributed by atoms with E-state index in [9.17, 15) is 19.7 Å². The van der Waals surface area contributed by atoms with Crippen LogP contribution < -0.4 is 11.1 Å². The zero-order chi connectivity index (χ0) is 21.3. The molecule has 3 aromatic rings. The fourth-order valence-corrected chi connectivity index (χ4v) is 3.69. The first-order valence-electron chi connectivity index (χ1n) is 9.33. The molecule has 1 aromatic carbocycles. The monoisotopic (exact) mass is 431 g/mol. The van der Waals surface area contributed by atoms with Crippen LogP contribution in [0.1, 0.15) is 12.8 Å². The van der Waals surface area contributed by atoms with E-state index in [2.05, 4.69) is 10.3 Å². The minimum absolute atomic E-state index is 0.122. The van der Waals surface area contributed by atoms with Crippen LogP contribution >= 0.6 is 11.6 Å². The molecule has 0 spiro atoms. The number of hydrogen-bond acceptors (Lipinski definition) is 7. The van der Waals surface area contributed by atoms with Crippen LogP contribution in [-0.2, 0) is 11.5 Å². The SMILES string of the molecule is O=C(Nc1ccc(Cl)cn1)[C@@H]1CCCN(Cn2c(=O)oc3ccc([N+](=O)[O-])cc32)C1. The van der Waals surface area contributed by atoms with E-state index in [4.69, 9.17) is 16.0 Å². The van der Waals surface area contributed by atoms with Gasteiger partial charge in [-0.2, -0.15) is 0 Å². The molecule has 3 heterocycles. The lowest BCUT2D eigenvalue weighted by molar-refractivity contribution is -0.384. The Morgan fingerprint density at radius 3 is 2.93 bits per heavy atom. The topological polar surface area (TPSA) is 124 Å². The summed E-state index contributed by atoms with van der Waals surface area (Å²) in [7, 11) is 0. The molecule has 0 bridgehead atoms. The highest BCUT2D eigenvalue weighted by atomic mass is 35.5. The lowest BCUT2D eigenvalue weighted by Gasteiger charge is -2.31. The number of carbonyl (C=O) groups is 1. The number of fused-ring (bicyclic) bond motifs is 1. The molecule has 1 amide bonds. The third kappa shape index (κ3) is 4.19. The molecule has 11 heteroatoms. The number of nitrogens with zero attached hydrogens (tertiary/aromatic N) is 4. The fraction of sp³-hybridized carbons (Fsp3) is 0.316. The normalized spacial score (nSPS) is 17.2. The van der Waals surface area contributed by atoms with Crippen LogP contribution in [0.3, 0.4) is 0 Å². The van der Waals surface area contributed by atoms with Crippen molar-refractivity contribution in [3.05, 3.63) is 62.2 Å². The van der Waals surface area contributed by atoms with Crippen LogP contribution in [0, 0.1) is 16.0 Å². The quantitative estimate of drug-likeness (QED) is 0.486. The molecule has 10 nitrogen and oxygen atoms in total. The Morgan fingerprint density at radius 1 is 1.37 bits per heavy atom. The second-order valence-corrected chi connectivity index (χ2v) is 7.55. The standard InChI is InChI=1S/C19H18ClN5O5/c20-13-3-6-17(21-9-13)22-18(26)12-2-1-7-23(10-12)11-24-15-8-14(25(28)29)4-5-16(15)30-19(24)27/h3-6,8-9,12H,1-2,7,10-11H2,(H,21,22,26)/t12-/m1/s1. The van der Waals surface area contributed by atoms with Crippen molar-refractivity contribution in [1.29, 1.82) is 0 Å². The van der Waals surface area contributed by atoms with E-state index < -0.39 is 10.7 Å². The number of nitro benzene ring substituents is 1. The van der Waals surface area contributed by atoms with Gasteiger partial charge in [-0.3, -0.25) is 24.4 Å². The van der Waals surface area contributed by atoms with Gasteiger partial charge < -0.3 is 9.73 Å². The molecule has 4 rings (SSSR count). The number of piperidine rings is 1. The highest BCUT2D eigenvalue weighted by molar-refractivity contribution is 6.30. The number of hydrogen-bond donors (Lipinski definition) is 1. The maximum Gasteiger partial charge on any atom is 0.421 e. The van der Waals surface area contributed by atoms with Gasteiger partial charge in [-0.1, -0.05) is 11.6 Å². The Labute approximate surface area is 175 Å². The molecule has 0 radical (unpaired) electrons. The van der Waals surface area contributed by atoms with Crippen molar-refractivity contribution >= 4 is 40.1 Å². The number of nitrogens with one attached hydrogen (secondary N) is 1. The Hall–Kier alpha value is -3.24. The number of halogens is 1. The van der Waals surface area contributed by atoms with E-state index in [1.165, 1.54) is 29.0 Å². The Bertz CT molecular complexity index is 1160. The maximum atomic E-state index is 12.6. The minimum atomic E-state index is -0.595. The van der Waals surface area contributed by atoms with Gasteiger partial charge in [0.15, 0.2) is 5.58 Å². The number of likely N-dealkylation sites (tertiary alicyclic amines) is 1. The summed E-state index contributed by atoms with van der Waals surface area (Å²) in [5, 5.41) is 14.3. The molecule has 1 N–H and O–H groups in total. The smallest absolute Gasteiger partial charge is 0.408 e. The van der Waals surface area contributed by atoms with E-state index in [0.717, 1.165) is 6.42 Å². The minimum Gasteiger partial charge on any atom is -0.408 e. The van der Waals surface area contributed by atoms with E-state index in [1.54, 1.807) is 12.1 Å². The van der Waals surface area contributed by atoms with Gasteiger partial charge in [0.25, 0.3) is 5.69 Å². The predicted molar refractivity (Wildman–Crippen MR) is 109 cm³/mol. The molecule has 1 saturated heterocycles. The van der Waals surface area contributed by atoms with Crippen molar-refractivity contribution < 1.29 is 14.1 Å². The highest BCUT2D eigenvalue weighted by Crippen LogP contribution is 2.23. The average molecular weight is 432 g/mol. The molecule has 0 aliphatic carbocycles. The van der Waals surface area contributed by atoms with E-state index in [1.807, 2.05) is 4.90 Å². The predicted octanol–water partition coefficient (Wildman–Crippen LogP) is 2.86. The lowest BCUT2D eigenvalue weighted by Crippen LogP contribution is -2.42. The van der Waals surface area contributed by atoms with Gasteiger partial charge in [0.2, 0.25) is 5.91 Å². The summed E-state index contributed by atoms with van der Waals surface area (Å²) in [4.78, 5) is 41.5. The van der Waals surface area contributed by atoms with Crippen LogP contribution in [0.15, 0.2) is 45.7 Å². The van der Waals surface area contributed by atoms with Gasteiger partial charge in [0, 0.05) is 24.9 Å². The fourth-order valence-electron chi connectivity index (χ4n) is 3.57. The van der Waals surface area contributed by atoms with Gasteiger partial charge in [-0.15, -0.1) is 0 Å². The zero-order valence-corrected chi connectivity index (χ0v) is 16.5. The van der Waals surface area contributed by atoms with Gasteiger partial charge >= 0.3 is 5.76 Å². The van der Waals surface area contributed by atoms with Crippen molar-refractivity contribution in [3.63, 3.8) is 0 Å². The number of carbonyl (C=O) groups excluding carboxylic acids is 1. The molecule has 1 fully saturated rings. The molecule has 0 saturated carbocycles. The second kappa shape index (κ2) is 8.25. The molecule has 1 aliphatic heterocycles. The van der Waals surface area contributed by atoms with Gasteiger partial charge in [0.05, 0.1) is 28.0 Å². The van der Waals surface area contributed by atoms with Crippen molar-refractivity contribution in [2.24, 2.45) is 5.92 Å². The molecular weight excluding hydrogens is 414 g/mol. The number of nitro groups is 1. The summed E-state index contributed by atoms with van der Waals surface area (Å²) in [5.74, 6) is -0.609. The zero-order valence-electron chi connectivity index (χ0n) is 15.8. The number of oxazole rings is 1. The molecule has 1 aliphatic rings. The Kier molecular flexibility index (Phi) is 5.51. The molecule has 2 aromatic heterocycles. The maximum absolute atomic E-state index is 12.6. The highest BCUT2D eigenvalue weighted by Gasteiger charge is 2.27. The van der Waals surface area contributed by atoms with Gasteiger partial charge in [-0.25, -0.2) is 9.78 Å². The number of benzene rings is 1. The number of anilines is 1. The van der Waals surface area contributed by atoms with Crippen LogP contribution in [-0.4, -0.2) is 38.4 Å². The number of non-ortho nitro benzene ring substituents is 1. The average Bonchev–Trinajstić information content (AvgIpc) is 3.04. The van der Waals surface area contributed by atoms with Crippen molar-refractivity contribution in [2.75, 3.05) is 18.4 Å². The van der Waals surface area contributed by atoms with E-state index in [-0.39, 0.29) is 29.8 Å². The summed E-state index contributed by atoms with van der Waals surface area (Å²) in [6, 6.07) is 7.30. The first-order valence-corrected chi connectivity index (χ1v) is 9.71. The summed E-state index contributed by atoms with van der Waals surface area (Å²) in [6.07, 6.45) is 2.94. The summed E-state index contributed by atoms with van der Waals surface area (Å²) >= 11 is 5.81. The number of rotatable bonds is 5. The molecule has 30 heavy (non-hydrogen) atoms. The Morgan fingerprint density at radius 2 is 2.20 bits per heavy atom. The number of aromatic nitrogens is 2. The van der Waals surface area contributed by atoms with Crippen LogP contribution in [0.5, 0.6) is 0 Å². The van der Waals surface area contributed by atoms with E-state index in [0.29, 0.717) is 35.9 Å². The van der Waals surface area contributed by atoms with Crippen LogP contribution in [0.2, 0.25) is 5.02 Å². The molecule has 1 atom stereocenters. The molecular formula is C19H18ClN5O5. The number of pyridine rings is 1. The van der Waals surface area contributed by atoms with Crippen LogP contribution in [0.4, 0.5) is 11.5 Å². The Balaban J connectivity index is 1.49. The first-order chi connectivity index (χ1) is 14.4. The largest absolute Gasteiger partial charge is 0.421 e. The third-order valence-electron chi connectivity index (χ3n) is 5.06. The number of amides is 1. The van der Waals surface area contributed by atoms with Gasteiger partial charge in [-0.05, 0) is 37.6 Å². The third-order valence-corrected chi connectivity index (χ3v) is 5.28. The summed E-state index contributed by atoms with van der Waals surface area (Å²) in [5.41, 5.74) is 0.514. The first kappa shape index (κ1) is 20.0. The van der Waals surface area contributed by atoms with Gasteiger partial charge in [0.1, 0.15) is 5.82 Å².